The fourth-order valence-corrected chi connectivity index (χ4v) is 3.24. The zero-order valence-electron chi connectivity index (χ0n) is 11.9. The highest BCUT2D eigenvalue weighted by atomic mass is 35.5. The van der Waals surface area contributed by atoms with Gasteiger partial charge in [-0.2, -0.15) is 0 Å². The molecule has 0 saturated heterocycles. The van der Waals surface area contributed by atoms with E-state index in [1.165, 1.54) is 0 Å². The molecule has 0 spiro atoms. The lowest BCUT2D eigenvalue weighted by molar-refractivity contribution is 0.0207. The number of ether oxygens (including phenoxy) is 2. The van der Waals surface area contributed by atoms with Crippen molar-refractivity contribution < 1.29 is 9.47 Å². The molecule has 1 aromatic carbocycles. The average Bonchev–Trinajstić information content (AvgIpc) is 2.43. The first kappa shape index (κ1) is 15.9. The largest absolute Gasteiger partial charge is 0.488 e. The first-order valence-corrected chi connectivity index (χ1v) is 7.71. The molecule has 0 heterocycles. The summed E-state index contributed by atoms with van der Waals surface area (Å²) in [4.78, 5) is 0. The van der Waals surface area contributed by atoms with Gasteiger partial charge < -0.3 is 14.8 Å². The van der Waals surface area contributed by atoms with Crippen LogP contribution in [-0.2, 0) is 11.3 Å². The van der Waals surface area contributed by atoms with Crippen LogP contribution in [0.25, 0.3) is 0 Å². The second-order valence-corrected chi connectivity index (χ2v) is 6.01. The van der Waals surface area contributed by atoms with Crippen molar-refractivity contribution in [2.75, 3.05) is 14.2 Å². The second kappa shape index (κ2) is 7.51. The van der Waals surface area contributed by atoms with Crippen LogP contribution >= 0.6 is 23.2 Å². The Morgan fingerprint density at radius 1 is 1.25 bits per heavy atom. The van der Waals surface area contributed by atoms with Gasteiger partial charge in [0.25, 0.3) is 0 Å². The van der Waals surface area contributed by atoms with Gasteiger partial charge in [-0.05, 0) is 38.4 Å². The Kier molecular flexibility index (Phi) is 5.97. The fraction of sp³-hybridized carbons (Fsp3) is 0.600. The van der Waals surface area contributed by atoms with Crippen LogP contribution in [0.4, 0.5) is 0 Å². The third kappa shape index (κ3) is 4.01. The van der Waals surface area contributed by atoms with Crippen LogP contribution < -0.4 is 10.1 Å². The highest BCUT2D eigenvalue weighted by Gasteiger charge is 2.24. The van der Waals surface area contributed by atoms with Crippen molar-refractivity contribution in [2.24, 2.45) is 0 Å². The average molecular weight is 318 g/mol. The molecule has 20 heavy (non-hydrogen) atoms. The van der Waals surface area contributed by atoms with Crippen LogP contribution in [0, 0.1) is 0 Å². The number of nitrogens with one attached hydrogen (secondary N) is 1. The molecule has 2 unspecified atom stereocenters. The van der Waals surface area contributed by atoms with Crippen molar-refractivity contribution in [3.63, 3.8) is 0 Å². The quantitative estimate of drug-likeness (QED) is 0.888. The fourth-order valence-electron chi connectivity index (χ4n) is 2.66. The Morgan fingerprint density at radius 2 is 2.00 bits per heavy atom. The van der Waals surface area contributed by atoms with E-state index in [1.807, 2.05) is 13.1 Å². The number of halogens is 2. The number of rotatable bonds is 5. The summed E-state index contributed by atoms with van der Waals surface area (Å²) < 4.78 is 11.6. The summed E-state index contributed by atoms with van der Waals surface area (Å²) in [6.07, 6.45) is 4.62. The van der Waals surface area contributed by atoms with Gasteiger partial charge in [0.1, 0.15) is 11.9 Å². The Morgan fingerprint density at radius 3 is 2.70 bits per heavy atom. The monoisotopic (exact) mass is 317 g/mol. The van der Waals surface area contributed by atoms with E-state index in [1.54, 1.807) is 13.2 Å². The van der Waals surface area contributed by atoms with Gasteiger partial charge in [-0.25, -0.2) is 0 Å². The topological polar surface area (TPSA) is 30.5 Å². The Bertz CT molecular complexity index is 454. The van der Waals surface area contributed by atoms with Gasteiger partial charge in [-0.1, -0.05) is 23.2 Å². The van der Waals surface area contributed by atoms with E-state index in [9.17, 15) is 0 Å². The van der Waals surface area contributed by atoms with E-state index in [4.69, 9.17) is 32.7 Å². The third-order valence-electron chi connectivity index (χ3n) is 3.65. The molecule has 2 atom stereocenters. The number of hydrogen-bond acceptors (Lipinski definition) is 3. The van der Waals surface area contributed by atoms with Gasteiger partial charge in [-0.3, -0.25) is 0 Å². The molecule has 1 aliphatic rings. The van der Waals surface area contributed by atoms with Gasteiger partial charge in [-0.15, -0.1) is 0 Å². The molecule has 0 amide bonds. The first-order chi connectivity index (χ1) is 9.63. The SMILES string of the molecule is CNCc1cc(Cl)cc(Cl)c1OC1CCCC(OC)C1. The normalized spacial score (nSPS) is 22.8. The lowest BCUT2D eigenvalue weighted by Crippen LogP contribution is -2.30. The smallest absolute Gasteiger partial charge is 0.142 e. The zero-order chi connectivity index (χ0) is 14.5. The summed E-state index contributed by atoms with van der Waals surface area (Å²) in [5, 5.41) is 4.32. The molecule has 1 aliphatic carbocycles. The molecule has 1 saturated carbocycles. The zero-order valence-corrected chi connectivity index (χ0v) is 13.4. The predicted molar refractivity (Wildman–Crippen MR) is 82.9 cm³/mol. The van der Waals surface area contributed by atoms with Crippen molar-refractivity contribution in [3.8, 4) is 5.75 Å². The molecule has 1 aromatic rings. The standard InChI is InChI=1S/C15H21Cl2NO2/c1-18-9-10-6-11(16)7-14(17)15(10)20-13-5-3-4-12(8-13)19-2/h6-7,12-13,18H,3-5,8-9H2,1-2H3. The van der Waals surface area contributed by atoms with E-state index in [0.29, 0.717) is 16.6 Å². The molecule has 1 fully saturated rings. The highest BCUT2D eigenvalue weighted by Crippen LogP contribution is 2.35. The van der Waals surface area contributed by atoms with Crippen molar-refractivity contribution in [1.82, 2.24) is 5.32 Å². The van der Waals surface area contributed by atoms with Gasteiger partial charge in [0, 0.05) is 30.7 Å². The number of benzene rings is 1. The molecular weight excluding hydrogens is 297 g/mol. The van der Waals surface area contributed by atoms with Crippen LogP contribution in [0.2, 0.25) is 10.0 Å². The molecule has 0 aliphatic heterocycles. The van der Waals surface area contributed by atoms with Crippen molar-refractivity contribution in [3.05, 3.63) is 27.7 Å². The molecule has 0 bridgehead atoms. The van der Waals surface area contributed by atoms with Crippen LogP contribution in [-0.4, -0.2) is 26.4 Å². The summed E-state index contributed by atoms with van der Waals surface area (Å²) in [5.41, 5.74) is 0.990. The maximum Gasteiger partial charge on any atom is 0.142 e. The summed E-state index contributed by atoms with van der Waals surface area (Å²) in [6.45, 7) is 0.677. The predicted octanol–water partition coefficient (Wildman–Crippen LogP) is 4.05. The lowest BCUT2D eigenvalue weighted by atomic mass is 9.95. The Labute approximate surface area is 130 Å². The lowest BCUT2D eigenvalue weighted by Gasteiger charge is -2.29. The molecule has 1 N–H and O–H groups in total. The van der Waals surface area contributed by atoms with Crippen molar-refractivity contribution in [1.29, 1.82) is 0 Å². The van der Waals surface area contributed by atoms with Crippen LogP contribution in [0.15, 0.2) is 12.1 Å². The van der Waals surface area contributed by atoms with E-state index in [0.717, 1.165) is 37.0 Å². The van der Waals surface area contributed by atoms with E-state index in [2.05, 4.69) is 5.32 Å². The van der Waals surface area contributed by atoms with Gasteiger partial charge >= 0.3 is 0 Å². The highest BCUT2D eigenvalue weighted by molar-refractivity contribution is 6.35. The van der Waals surface area contributed by atoms with Gasteiger partial charge in [0.15, 0.2) is 0 Å². The van der Waals surface area contributed by atoms with Crippen LogP contribution in [0.1, 0.15) is 31.2 Å². The summed E-state index contributed by atoms with van der Waals surface area (Å²) in [6, 6.07) is 3.63. The maximum atomic E-state index is 6.29. The minimum atomic E-state index is 0.156. The van der Waals surface area contributed by atoms with Crippen LogP contribution in [0.3, 0.4) is 0 Å². The molecular formula is C15H21Cl2NO2. The number of methoxy groups -OCH3 is 1. The first-order valence-electron chi connectivity index (χ1n) is 6.96. The van der Waals surface area contributed by atoms with E-state index < -0.39 is 0 Å². The minimum Gasteiger partial charge on any atom is -0.488 e. The van der Waals surface area contributed by atoms with Gasteiger partial charge in [0.05, 0.1) is 11.1 Å². The molecule has 3 nitrogen and oxygen atoms in total. The summed E-state index contributed by atoms with van der Waals surface area (Å²) in [5.74, 6) is 0.743. The third-order valence-corrected chi connectivity index (χ3v) is 4.15. The van der Waals surface area contributed by atoms with Gasteiger partial charge in [0.2, 0.25) is 0 Å². The molecule has 112 valence electrons. The second-order valence-electron chi connectivity index (χ2n) is 5.17. The van der Waals surface area contributed by atoms with Crippen molar-refractivity contribution in [2.45, 2.75) is 44.4 Å². The van der Waals surface area contributed by atoms with Crippen molar-refractivity contribution >= 4 is 23.2 Å². The minimum absolute atomic E-state index is 0.156. The summed E-state index contributed by atoms with van der Waals surface area (Å²) in [7, 11) is 3.65. The Hall–Kier alpha value is -0.480. The molecule has 2 rings (SSSR count). The molecule has 5 heteroatoms. The molecule has 0 aromatic heterocycles. The Balaban J connectivity index is 2.15. The van der Waals surface area contributed by atoms with E-state index >= 15 is 0 Å². The van der Waals surface area contributed by atoms with Crippen LogP contribution in [0.5, 0.6) is 5.75 Å². The number of hydrogen-bond donors (Lipinski definition) is 1. The van der Waals surface area contributed by atoms with E-state index in [-0.39, 0.29) is 12.2 Å². The maximum absolute atomic E-state index is 6.29. The molecule has 0 radical (unpaired) electrons. The summed E-state index contributed by atoms with van der Waals surface area (Å²) >= 11 is 12.3.